The van der Waals surface area contributed by atoms with Crippen LogP contribution in [0, 0.1) is 0 Å². The SMILES string of the molecule is CCOC(=O)c1csc(-c2sccc2COc2ccc(Cl)cc2)n1. The maximum absolute atomic E-state index is 11.7. The van der Waals surface area contributed by atoms with Crippen LogP contribution in [0.25, 0.3) is 9.88 Å². The third-order valence-corrected chi connectivity index (χ3v) is 5.34. The molecule has 0 N–H and O–H groups in total. The number of thiophene rings is 1. The summed E-state index contributed by atoms with van der Waals surface area (Å²) in [5.41, 5.74) is 1.37. The van der Waals surface area contributed by atoms with Crippen LogP contribution in [0.4, 0.5) is 0 Å². The van der Waals surface area contributed by atoms with Crippen LogP contribution in [0.1, 0.15) is 23.0 Å². The summed E-state index contributed by atoms with van der Waals surface area (Å²) in [6.07, 6.45) is 0. The lowest BCUT2D eigenvalue weighted by atomic mass is 10.3. The zero-order valence-corrected chi connectivity index (χ0v) is 15.2. The molecule has 0 fully saturated rings. The van der Waals surface area contributed by atoms with Crippen molar-refractivity contribution in [2.75, 3.05) is 6.61 Å². The molecule has 7 heteroatoms. The number of benzene rings is 1. The predicted molar refractivity (Wildman–Crippen MR) is 97.2 cm³/mol. The van der Waals surface area contributed by atoms with Gasteiger partial charge >= 0.3 is 5.97 Å². The molecule has 0 unspecified atom stereocenters. The fourth-order valence-electron chi connectivity index (χ4n) is 2.01. The highest BCUT2D eigenvalue weighted by atomic mass is 35.5. The van der Waals surface area contributed by atoms with E-state index in [4.69, 9.17) is 21.1 Å². The van der Waals surface area contributed by atoms with Crippen molar-refractivity contribution < 1.29 is 14.3 Å². The van der Waals surface area contributed by atoms with E-state index in [0.717, 1.165) is 21.2 Å². The van der Waals surface area contributed by atoms with Gasteiger partial charge in [-0.2, -0.15) is 0 Å². The molecule has 0 aliphatic carbocycles. The van der Waals surface area contributed by atoms with Crippen molar-refractivity contribution >= 4 is 40.2 Å². The molecule has 0 bridgehead atoms. The normalized spacial score (nSPS) is 10.6. The number of esters is 1. The Hall–Kier alpha value is -1.89. The average Bonchev–Trinajstić information content (AvgIpc) is 3.23. The first kappa shape index (κ1) is 17.0. The van der Waals surface area contributed by atoms with E-state index in [1.807, 2.05) is 23.6 Å². The van der Waals surface area contributed by atoms with Gasteiger partial charge in [0.05, 0.1) is 11.5 Å². The Bertz CT molecular complexity index is 826. The molecule has 1 aromatic carbocycles. The number of hydrogen-bond donors (Lipinski definition) is 0. The van der Waals surface area contributed by atoms with E-state index >= 15 is 0 Å². The fourth-order valence-corrected chi connectivity index (χ4v) is 3.97. The molecule has 4 nitrogen and oxygen atoms in total. The lowest BCUT2D eigenvalue weighted by Gasteiger charge is -2.06. The van der Waals surface area contributed by atoms with Gasteiger partial charge in [0.15, 0.2) is 5.69 Å². The number of aromatic nitrogens is 1. The monoisotopic (exact) mass is 379 g/mol. The molecule has 0 aliphatic heterocycles. The van der Waals surface area contributed by atoms with Crippen LogP contribution in [0.5, 0.6) is 5.75 Å². The van der Waals surface area contributed by atoms with E-state index in [-0.39, 0.29) is 0 Å². The summed E-state index contributed by atoms with van der Waals surface area (Å²) >= 11 is 8.87. The van der Waals surface area contributed by atoms with Crippen molar-refractivity contribution in [3.8, 4) is 15.6 Å². The van der Waals surface area contributed by atoms with Gasteiger partial charge in [0, 0.05) is 16.0 Å². The molecule has 124 valence electrons. The molecule has 0 aliphatic rings. The van der Waals surface area contributed by atoms with Crippen molar-refractivity contribution in [2.45, 2.75) is 13.5 Å². The smallest absolute Gasteiger partial charge is 0.357 e. The standard InChI is InChI=1S/C17H14ClNO3S2/c1-2-21-17(20)14-10-24-16(19-14)15-11(7-8-23-15)9-22-13-5-3-12(18)4-6-13/h3-8,10H,2,9H2,1H3. The maximum atomic E-state index is 11.7. The highest BCUT2D eigenvalue weighted by Crippen LogP contribution is 2.33. The summed E-state index contributed by atoms with van der Waals surface area (Å²) in [4.78, 5) is 17.1. The molecule has 24 heavy (non-hydrogen) atoms. The van der Waals surface area contributed by atoms with Gasteiger partial charge in [0.2, 0.25) is 0 Å². The summed E-state index contributed by atoms with van der Waals surface area (Å²) in [6.45, 7) is 2.54. The van der Waals surface area contributed by atoms with Gasteiger partial charge < -0.3 is 9.47 Å². The molecule has 0 atom stereocenters. The topological polar surface area (TPSA) is 48.4 Å². The molecular formula is C17H14ClNO3S2. The van der Waals surface area contributed by atoms with Gasteiger partial charge in [-0.3, -0.25) is 0 Å². The van der Waals surface area contributed by atoms with Crippen LogP contribution < -0.4 is 4.74 Å². The minimum absolute atomic E-state index is 0.338. The van der Waals surface area contributed by atoms with Crippen LogP contribution in [0.3, 0.4) is 0 Å². The molecule has 0 saturated carbocycles. The van der Waals surface area contributed by atoms with E-state index in [9.17, 15) is 4.79 Å². The molecule has 3 aromatic rings. The van der Waals surface area contributed by atoms with Crippen molar-refractivity contribution in [2.24, 2.45) is 0 Å². The Labute approximate surface area is 152 Å². The second-order valence-corrected chi connectivity index (χ2v) is 6.99. The molecule has 0 spiro atoms. The second-order valence-electron chi connectivity index (χ2n) is 4.78. The van der Waals surface area contributed by atoms with E-state index < -0.39 is 5.97 Å². The number of carbonyl (C=O) groups excluding carboxylic acids is 1. The lowest BCUT2D eigenvalue weighted by Crippen LogP contribution is -2.04. The highest BCUT2D eigenvalue weighted by Gasteiger charge is 2.16. The van der Waals surface area contributed by atoms with Gasteiger partial charge in [-0.15, -0.1) is 22.7 Å². The van der Waals surface area contributed by atoms with E-state index in [1.54, 1.807) is 35.8 Å². The number of hydrogen-bond acceptors (Lipinski definition) is 6. The van der Waals surface area contributed by atoms with Gasteiger partial charge in [-0.1, -0.05) is 11.6 Å². The fraction of sp³-hybridized carbons (Fsp3) is 0.176. The highest BCUT2D eigenvalue weighted by molar-refractivity contribution is 7.20. The zero-order chi connectivity index (χ0) is 16.9. The first-order valence-corrected chi connectivity index (χ1v) is 9.39. The maximum Gasteiger partial charge on any atom is 0.357 e. The summed E-state index contributed by atoms with van der Waals surface area (Å²) in [5, 5.41) is 5.17. The van der Waals surface area contributed by atoms with E-state index in [1.165, 1.54) is 11.3 Å². The van der Waals surface area contributed by atoms with Crippen molar-refractivity contribution in [1.82, 2.24) is 4.98 Å². The molecule has 2 heterocycles. The number of ether oxygens (including phenoxy) is 2. The summed E-state index contributed by atoms with van der Waals surface area (Å²) in [6, 6.07) is 9.24. The summed E-state index contributed by atoms with van der Waals surface area (Å²) < 4.78 is 10.8. The number of nitrogens with zero attached hydrogens (tertiary/aromatic N) is 1. The summed E-state index contributed by atoms with van der Waals surface area (Å²) in [5.74, 6) is 0.360. The van der Waals surface area contributed by atoms with Crippen LogP contribution in [0.15, 0.2) is 41.1 Å². The molecule has 0 amide bonds. The molecular weight excluding hydrogens is 366 g/mol. The van der Waals surface area contributed by atoms with Crippen molar-refractivity contribution in [3.63, 3.8) is 0 Å². The first-order chi connectivity index (χ1) is 11.7. The van der Waals surface area contributed by atoms with Crippen molar-refractivity contribution in [1.29, 1.82) is 0 Å². The Morgan fingerprint density at radius 2 is 2.00 bits per heavy atom. The van der Waals surface area contributed by atoms with Gasteiger partial charge in [0.25, 0.3) is 0 Å². The third-order valence-electron chi connectivity index (χ3n) is 3.14. The second kappa shape index (κ2) is 7.79. The van der Waals surface area contributed by atoms with Gasteiger partial charge in [-0.05, 0) is 42.6 Å². The molecule has 3 rings (SSSR count). The first-order valence-electron chi connectivity index (χ1n) is 7.25. The Morgan fingerprint density at radius 3 is 2.75 bits per heavy atom. The Morgan fingerprint density at radius 1 is 1.21 bits per heavy atom. The minimum atomic E-state index is -0.393. The number of rotatable bonds is 6. The number of halogens is 1. The van der Waals surface area contributed by atoms with Crippen LogP contribution in [0.2, 0.25) is 5.02 Å². The third kappa shape index (κ3) is 3.95. The zero-order valence-electron chi connectivity index (χ0n) is 12.8. The Kier molecular flexibility index (Phi) is 5.50. The molecule has 0 saturated heterocycles. The quantitative estimate of drug-likeness (QED) is 0.546. The van der Waals surface area contributed by atoms with Crippen LogP contribution in [-0.2, 0) is 11.3 Å². The number of thiazole rings is 1. The van der Waals surface area contributed by atoms with Crippen molar-refractivity contribution in [3.05, 3.63) is 57.4 Å². The van der Waals surface area contributed by atoms with Gasteiger partial charge in [-0.25, -0.2) is 9.78 Å². The minimum Gasteiger partial charge on any atom is -0.489 e. The average molecular weight is 380 g/mol. The lowest BCUT2D eigenvalue weighted by molar-refractivity contribution is 0.0520. The Balaban J connectivity index is 1.73. The van der Waals surface area contributed by atoms with E-state index in [0.29, 0.717) is 23.9 Å². The van der Waals surface area contributed by atoms with Gasteiger partial charge in [0.1, 0.15) is 17.4 Å². The molecule has 0 radical (unpaired) electrons. The van der Waals surface area contributed by atoms with Crippen LogP contribution >= 0.6 is 34.3 Å². The largest absolute Gasteiger partial charge is 0.489 e. The predicted octanol–water partition coefficient (Wildman–Crippen LogP) is 5.28. The summed E-state index contributed by atoms with van der Waals surface area (Å²) in [7, 11) is 0. The number of carbonyl (C=O) groups is 1. The van der Waals surface area contributed by atoms with Crippen LogP contribution in [-0.4, -0.2) is 17.6 Å². The molecule has 2 aromatic heterocycles. The van der Waals surface area contributed by atoms with E-state index in [2.05, 4.69) is 4.98 Å².